The highest BCUT2D eigenvalue weighted by Crippen LogP contribution is 2.22. The average Bonchev–Trinajstić information content (AvgIpc) is 2.41. The SMILES string of the molecule is CON(c1ccccc1)S(=O)(=O)c1cccnc1. The highest BCUT2D eigenvalue weighted by molar-refractivity contribution is 7.92. The maximum absolute atomic E-state index is 12.3. The van der Waals surface area contributed by atoms with Crippen molar-refractivity contribution in [2.75, 3.05) is 11.6 Å². The van der Waals surface area contributed by atoms with Crippen LogP contribution in [0.25, 0.3) is 0 Å². The Kier molecular flexibility index (Phi) is 3.59. The zero-order valence-electron chi connectivity index (χ0n) is 9.72. The summed E-state index contributed by atoms with van der Waals surface area (Å²) in [5.41, 5.74) is 0.434. The third kappa shape index (κ3) is 2.34. The van der Waals surface area contributed by atoms with Crippen molar-refractivity contribution >= 4 is 15.7 Å². The third-order valence-electron chi connectivity index (χ3n) is 2.28. The summed E-state index contributed by atoms with van der Waals surface area (Å²) < 4.78 is 25.5. The van der Waals surface area contributed by atoms with E-state index < -0.39 is 10.0 Å². The molecule has 1 aromatic carbocycles. The number of rotatable bonds is 4. The van der Waals surface area contributed by atoms with Gasteiger partial charge in [0.15, 0.2) is 0 Å². The normalized spacial score (nSPS) is 11.2. The molecule has 0 radical (unpaired) electrons. The Morgan fingerprint density at radius 2 is 1.83 bits per heavy atom. The van der Waals surface area contributed by atoms with Gasteiger partial charge in [0.05, 0.1) is 12.8 Å². The number of para-hydroxylation sites is 1. The molecule has 0 saturated carbocycles. The van der Waals surface area contributed by atoms with E-state index in [1.54, 1.807) is 36.4 Å². The van der Waals surface area contributed by atoms with Gasteiger partial charge in [-0.2, -0.15) is 8.42 Å². The summed E-state index contributed by atoms with van der Waals surface area (Å²) in [6.45, 7) is 0. The summed E-state index contributed by atoms with van der Waals surface area (Å²) in [6, 6.07) is 11.6. The Hall–Kier alpha value is -1.92. The molecule has 0 N–H and O–H groups in total. The number of hydrogen-bond acceptors (Lipinski definition) is 4. The lowest BCUT2D eigenvalue weighted by Crippen LogP contribution is -2.29. The Morgan fingerprint density at radius 3 is 2.39 bits per heavy atom. The van der Waals surface area contributed by atoms with E-state index >= 15 is 0 Å². The van der Waals surface area contributed by atoms with Gasteiger partial charge >= 0.3 is 0 Å². The Morgan fingerprint density at radius 1 is 1.11 bits per heavy atom. The van der Waals surface area contributed by atoms with Crippen molar-refractivity contribution in [2.45, 2.75) is 4.90 Å². The molecule has 0 aliphatic rings. The molecule has 0 spiro atoms. The van der Waals surface area contributed by atoms with Crippen molar-refractivity contribution in [1.29, 1.82) is 0 Å². The van der Waals surface area contributed by atoms with E-state index in [4.69, 9.17) is 4.84 Å². The predicted molar refractivity (Wildman–Crippen MR) is 67.4 cm³/mol. The lowest BCUT2D eigenvalue weighted by atomic mass is 10.3. The van der Waals surface area contributed by atoms with Crippen LogP contribution in [-0.4, -0.2) is 20.5 Å². The number of nitrogens with zero attached hydrogens (tertiary/aromatic N) is 2. The molecule has 2 rings (SSSR count). The molecule has 1 aromatic heterocycles. The molecule has 94 valence electrons. The van der Waals surface area contributed by atoms with Gasteiger partial charge in [-0.15, -0.1) is 4.47 Å². The van der Waals surface area contributed by atoms with Crippen LogP contribution in [0.15, 0.2) is 59.8 Å². The predicted octanol–water partition coefficient (Wildman–Crippen LogP) is 1.84. The summed E-state index contributed by atoms with van der Waals surface area (Å²) in [5.74, 6) is 0. The van der Waals surface area contributed by atoms with Crippen molar-refractivity contribution in [3.05, 3.63) is 54.9 Å². The molecule has 5 nitrogen and oxygen atoms in total. The van der Waals surface area contributed by atoms with E-state index in [-0.39, 0.29) is 4.90 Å². The minimum Gasteiger partial charge on any atom is -0.263 e. The second-order valence-electron chi connectivity index (χ2n) is 3.44. The fourth-order valence-electron chi connectivity index (χ4n) is 1.49. The van der Waals surface area contributed by atoms with E-state index in [0.29, 0.717) is 5.69 Å². The van der Waals surface area contributed by atoms with E-state index in [2.05, 4.69) is 4.98 Å². The summed E-state index contributed by atoms with van der Waals surface area (Å²) >= 11 is 0. The molecule has 0 bridgehead atoms. The maximum Gasteiger partial charge on any atom is 0.288 e. The maximum atomic E-state index is 12.3. The molecular weight excluding hydrogens is 252 g/mol. The molecule has 1 heterocycles. The topological polar surface area (TPSA) is 59.5 Å². The molecule has 0 saturated heterocycles. The number of benzene rings is 1. The molecule has 0 fully saturated rings. The van der Waals surface area contributed by atoms with Gasteiger partial charge in [-0.1, -0.05) is 18.2 Å². The quantitative estimate of drug-likeness (QED) is 0.791. The fourth-order valence-corrected chi connectivity index (χ4v) is 2.72. The van der Waals surface area contributed by atoms with Crippen LogP contribution in [-0.2, 0) is 14.9 Å². The third-order valence-corrected chi connectivity index (χ3v) is 3.92. The first-order valence-corrected chi connectivity index (χ1v) is 6.65. The van der Waals surface area contributed by atoms with Gasteiger partial charge < -0.3 is 0 Å². The first kappa shape index (κ1) is 12.5. The second kappa shape index (κ2) is 5.16. The van der Waals surface area contributed by atoms with E-state index in [1.807, 2.05) is 0 Å². The number of hydrogen-bond donors (Lipinski definition) is 0. The number of pyridine rings is 1. The fraction of sp³-hybridized carbons (Fsp3) is 0.0833. The molecule has 6 heteroatoms. The van der Waals surface area contributed by atoms with Crippen molar-refractivity contribution in [2.24, 2.45) is 0 Å². The number of anilines is 1. The van der Waals surface area contributed by atoms with Crippen LogP contribution < -0.4 is 4.47 Å². The minimum absolute atomic E-state index is 0.0794. The van der Waals surface area contributed by atoms with Crippen LogP contribution in [0.2, 0.25) is 0 Å². The van der Waals surface area contributed by atoms with Gasteiger partial charge in [-0.25, -0.2) is 0 Å². The molecule has 0 aliphatic heterocycles. The summed E-state index contributed by atoms with van der Waals surface area (Å²) in [4.78, 5) is 8.85. The van der Waals surface area contributed by atoms with E-state index in [0.717, 1.165) is 4.47 Å². The monoisotopic (exact) mass is 264 g/mol. The Labute approximate surface area is 106 Å². The largest absolute Gasteiger partial charge is 0.288 e. The molecule has 18 heavy (non-hydrogen) atoms. The van der Waals surface area contributed by atoms with E-state index in [9.17, 15) is 8.42 Å². The first-order chi connectivity index (χ1) is 8.66. The van der Waals surface area contributed by atoms with Crippen molar-refractivity contribution in [3.8, 4) is 0 Å². The van der Waals surface area contributed by atoms with Gasteiger partial charge in [0.2, 0.25) is 0 Å². The molecule has 2 aromatic rings. The zero-order chi connectivity index (χ0) is 13.0. The van der Waals surface area contributed by atoms with Crippen LogP contribution in [0.1, 0.15) is 0 Å². The van der Waals surface area contributed by atoms with Gasteiger partial charge in [-0.05, 0) is 24.3 Å². The number of sulfonamides is 1. The standard InChI is InChI=1S/C12H12N2O3S/c1-17-14(11-6-3-2-4-7-11)18(15,16)12-8-5-9-13-10-12/h2-10H,1H3. The van der Waals surface area contributed by atoms with Crippen LogP contribution in [0.4, 0.5) is 5.69 Å². The van der Waals surface area contributed by atoms with Gasteiger partial charge in [0.25, 0.3) is 10.0 Å². The lowest BCUT2D eigenvalue weighted by Gasteiger charge is -2.20. The Bertz CT molecular complexity index is 600. The zero-order valence-corrected chi connectivity index (χ0v) is 10.5. The summed E-state index contributed by atoms with van der Waals surface area (Å²) in [7, 11) is -2.45. The van der Waals surface area contributed by atoms with Crippen LogP contribution >= 0.6 is 0 Å². The molecule has 0 aliphatic carbocycles. The molecule has 0 atom stereocenters. The van der Waals surface area contributed by atoms with Crippen molar-refractivity contribution < 1.29 is 13.3 Å². The molecular formula is C12H12N2O3S. The van der Waals surface area contributed by atoms with Gasteiger partial charge in [-0.3, -0.25) is 9.82 Å². The number of aromatic nitrogens is 1. The average molecular weight is 264 g/mol. The van der Waals surface area contributed by atoms with E-state index in [1.165, 1.54) is 25.6 Å². The Balaban J connectivity index is 2.46. The molecule has 0 unspecified atom stereocenters. The highest BCUT2D eigenvalue weighted by Gasteiger charge is 2.25. The van der Waals surface area contributed by atoms with Crippen molar-refractivity contribution in [3.63, 3.8) is 0 Å². The summed E-state index contributed by atoms with van der Waals surface area (Å²) in [5, 5.41) is 0. The smallest absolute Gasteiger partial charge is 0.263 e. The van der Waals surface area contributed by atoms with Crippen molar-refractivity contribution in [1.82, 2.24) is 4.98 Å². The van der Waals surface area contributed by atoms with Crippen LogP contribution in [0.3, 0.4) is 0 Å². The van der Waals surface area contributed by atoms with Crippen LogP contribution in [0, 0.1) is 0 Å². The summed E-state index contributed by atoms with van der Waals surface area (Å²) in [6.07, 6.45) is 2.79. The van der Waals surface area contributed by atoms with Gasteiger partial charge in [0.1, 0.15) is 4.90 Å². The molecule has 0 amide bonds. The van der Waals surface area contributed by atoms with Gasteiger partial charge in [0, 0.05) is 12.4 Å². The minimum atomic E-state index is -3.76. The first-order valence-electron chi connectivity index (χ1n) is 5.21. The lowest BCUT2D eigenvalue weighted by molar-refractivity contribution is 0.216. The van der Waals surface area contributed by atoms with Crippen LogP contribution in [0.5, 0.6) is 0 Å². The highest BCUT2D eigenvalue weighted by atomic mass is 32.2. The second-order valence-corrected chi connectivity index (χ2v) is 5.19.